The predicted octanol–water partition coefficient (Wildman–Crippen LogP) is 1.44. The number of nitrogens with one attached hydrogen (secondary N) is 1. The molecule has 2 rings (SSSR count). The number of carbonyl (C=O) groups is 2. The van der Waals surface area contributed by atoms with Crippen molar-refractivity contribution in [1.82, 2.24) is 10.2 Å². The normalized spacial score (nSPS) is 14.5. The van der Waals surface area contributed by atoms with E-state index in [0.717, 1.165) is 38.9 Å². The monoisotopic (exact) mass is 385 g/mol. The van der Waals surface area contributed by atoms with Crippen LogP contribution in [0.1, 0.15) is 29.6 Å². The van der Waals surface area contributed by atoms with E-state index in [-0.39, 0.29) is 24.9 Å². The van der Waals surface area contributed by atoms with E-state index in [4.69, 9.17) is 15.2 Å². The van der Waals surface area contributed by atoms with Gasteiger partial charge < -0.3 is 25.4 Å². The van der Waals surface area contributed by atoms with Crippen molar-refractivity contribution < 1.29 is 19.1 Å². The fourth-order valence-corrected chi connectivity index (χ4v) is 3.02. The van der Waals surface area contributed by atoms with Gasteiger partial charge in [-0.05, 0) is 57.0 Å². The van der Waals surface area contributed by atoms with Crippen molar-refractivity contribution in [3.63, 3.8) is 0 Å². The van der Waals surface area contributed by atoms with Crippen molar-refractivity contribution >= 4 is 24.2 Å². The van der Waals surface area contributed by atoms with Crippen LogP contribution in [0, 0.1) is 5.92 Å². The molecule has 0 aromatic heterocycles. The highest BCUT2D eigenvalue weighted by atomic mass is 35.5. The highest BCUT2D eigenvalue weighted by molar-refractivity contribution is 5.95. The Kier molecular flexibility index (Phi) is 9.23. The van der Waals surface area contributed by atoms with Crippen LogP contribution in [0.25, 0.3) is 0 Å². The van der Waals surface area contributed by atoms with E-state index in [1.54, 1.807) is 18.2 Å². The number of nitrogens with zero attached hydrogens (tertiary/aromatic N) is 1. The molecule has 26 heavy (non-hydrogen) atoms. The minimum Gasteiger partial charge on any atom is -0.493 e. The molecule has 0 atom stereocenters. The molecular formula is C18H28ClN3O4. The van der Waals surface area contributed by atoms with Gasteiger partial charge in [-0.1, -0.05) is 0 Å². The first-order valence-corrected chi connectivity index (χ1v) is 8.58. The fraction of sp³-hybridized carbons (Fsp3) is 0.556. The molecule has 7 nitrogen and oxygen atoms in total. The summed E-state index contributed by atoms with van der Waals surface area (Å²) in [6, 6.07) is 4.97. The average Bonchev–Trinajstić information content (AvgIpc) is 2.64. The highest BCUT2D eigenvalue weighted by Crippen LogP contribution is 2.29. The molecule has 1 aromatic carbocycles. The Balaban J connectivity index is 0.00000338. The van der Waals surface area contributed by atoms with E-state index >= 15 is 0 Å². The molecule has 0 unspecified atom stereocenters. The number of likely N-dealkylation sites (tertiary alicyclic amines) is 1. The van der Waals surface area contributed by atoms with Crippen molar-refractivity contribution in [2.45, 2.75) is 19.3 Å². The quantitative estimate of drug-likeness (QED) is 0.706. The molecule has 1 saturated heterocycles. The van der Waals surface area contributed by atoms with E-state index in [2.05, 4.69) is 5.32 Å². The number of benzene rings is 1. The Bertz CT molecular complexity index is 604. The topological polar surface area (TPSA) is 93.9 Å². The van der Waals surface area contributed by atoms with Gasteiger partial charge in [-0.2, -0.15) is 0 Å². The lowest BCUT2D eigenvalue weighted by Crippen LogP contribution is -2.39. The van der Waals surface area contributed by atoms with Gasteiger partial charge in [0.15, 0.2) is 18.1 Å². The predicted molar refractivity (Wildman–Crippen MR) is 102 cm³/mol. The minimum absolute atomic E-state index is 0. The Hall–Kier alpha value is -1.99. The van der Waals surface area contributed by atoms with Gasteiger partial charge in [0, 0.05) is 18.7 Å². The van der Waals surface area contributed by atoms with Crippen molar-refractivity contribution in [3.8, 4) is 11.5 Å². The molecule has 3 N–H and O–H groups in total. The Morgan fingerprint density at radius 1 is 1.27 bits per heavy atom. The SMILES string of the molecule is CNCCC1CCN(C(=O)c2ccc(OCC(N)=O)c(OC)c2)CC1.Cl. The lowest BCUT2D eigenvalue weighted by Gasteiger charge is -2.32. The van der Waals surface area contributed by atoms with Crippen molar-refractivity contribution in [2.24, 2.45) is 11.7 Å². The number of piperidine rings is 1. The molecular weight excluding hydrogens is 358 g/mol. The lowest BCUT2D eigenvalue weighted by atomic mass is 9.93. The number of halogens is 1. The maximum absolute atomic E-state index is 12.7. The lowest BCUT2D eigenvalue weighted by molar-refractivity contribution is -0.119. The summed E-state index contributed by atoms with van der Waals surface area (Å²) in [5.74, 6) is 0.908. The standard InChI is InChI=1S/C18H27N3O4.ClH/c1-20-8-5-13-6-9-21(10-7-13)18(23)14-3-4-15(16(11-14)24-2)25-12-17(19)22;/h3-4,11,13,20H,5-10,12H2,1-2H3,(H2,19,22);1H. The molecule has 1 heterocycles. The fourth-order valence-electron chi connectivity index (χ4n) is 3.02. The largest absolute Gasteiger partial charge is 0.493 e. The summed E-state index contributed by atoms with van der Waals surface area (Å²) in [7, 11) is 3.46. The van der Waals surface area contributed by atoms with Crippen LogP contribution in [0.15, 0.2) is 18.2 Å². The molecule has 1 aliphatic rings. The second-order valence-corrected chi connectivity index (χ2v) is 6.25. The number of hydrogen-bond donors (Lipinski definition) is 2. The third kappa shape index (κ3) is 6.07. The van der Waals surface area contributed by atoms with Crippen molar-refractivity contribution in [1.29, 1.82) is 0 Å². The number of rotatable bonds is 8. The number of amides is 2. The summed E-state index contributed by atoms with van der Waals surface area (Å²) < 4.78 is 10.6. The van der Waals surface area contributed by atoms with E-state index in [1.807, 2.05) is 11.9 Å². The minimum atomic E-state index is -0.566. The highest BCUT2D eigenvalue weighted by Gasteiger charge is 2.24. The van der Waals surface area contributed by atoms with Gasteiger partial charge in [-0.25, -0.2) is 0 Å². The van der Waals surface area contributed by atoms with Crippen LogP contribution in [-0.2, 0) is 4.79 Å². The van der Waals surface area contributed by atoms with E-state index in [1.165, 1.54) is 7.11 Å². The van der Waals surface area contributed by atoms with Crippen LogP contribution in [0.2, 0.25) is 0 Å². The first kappa shape index (κ1) is 22.1. The van der Waals surface area contributed by atoms with E-state index in [9.17, 15) is 9.59 Å². The summed E-state index contributed by atoms with van der Waals surface area (Å²) in [4.78, 5) is 25.4. The molecule has 2 amide bonds. The van der Waals surface area contributed by atoms with Crippen LogP contribution in [0.5, 0.6) is 11.5 Å². The molecule has 0 aliphatic carbocycles. The van der Waals surface area contributed by atoms with Crippen LogP contribution in [0.4, 0.5) is 0 Å². The van der Waals surface area contributed by atoms with Crippen LogP contribution in [-0.4, -0.2) is 57.1 Å². The van der Waals surface area contributed by atoms with Crippen molar-refractivity contribution in [3.05, 3.63) is 23.8 Å². The van der Waals surface area contributed by atoms with Crippen LogP contribution < -0.4 is 20.5 Å². The first-order chi connectivity index (χ1) is 12.0. The zero-order valence-corrected chi connectivity index (χ0v) is 16.1. The second-order valence-electron chi connectivity index (χ2n) is 6.25. The molecule has 1 fully saturated rings. The maximum atomic E-state index is 12.7. The third-order valence-electron chi connectivity index (χ3n) is 4.48. The summed E-state index contributed by atoms with van der Waals surface area (Å²) in [5, 5.41) is 3.17. The molecule has 1 aromatic rings. The molecule has 8 heteroatoms. The van der Waals surface area contributed by atoms with Crippen LogP contribution in [0.3, 0.4) is 0 Å². The summed E-state index contributed by atoms with van der Waals surface area (Å²) >= 11 is 0. The van der Waals surface area contributed by atoms with Crippen LogP contribution >= 0.6 is 12.4 Å². The summed E-state index contributed by atoms with van der Waals surface area (Å²) in [6.07, 6.45) is 3.22. The van der Waals surface area contributed by atoms with Gasteiger partial charge in [0.05, 0.1) is 7.11 Å². The molecule has 1 aliphatic heterocycles. The first-order valence-electron chi connectivity index (χ1n) is 8.58. The Morgan fingerprint density at radius 3 is 2.54 bits per heavy atom. The third-order valence-corrected chi connectivity index (χ3v) is 4.48. The molecule has 0 spiro atoms. The Morgan fingerprint density at radius 2 is 1.96 bits per heavy atom. The number of ether oxygens (including phenoxy) is 2. The zero-order chi connectivity index (χ0) is 18.2. The van der Waals surface area contributed by atoms with Gasteiger partial charge in [-0.15, -0.1) is 12.4 Å². The Labute approximate surface area is 160 Å². The van der Waals surface area contributed by atoms with E-state index < -0.39 is 5.91 Å². The second kappa shape index (κ2) is 10.9. The summed E-state index contributed by atoms with van der Waals surface area (Å²) in [6.45, 7) is 2.33. The maximum Gasteiger partial charge on any atom is 0.255 e. The number of hydrogen-bond acceptors (Lipinski definition) is 5. The molecule has 0 bridgehead atoms. The average molecular weight is 386 g/mol. The number of primary amides is 1. The summed E-state index contributed by atoms with van der Waals surface area (Å²) in [5.41, 5.74) is 5.63. The number of methoxy groups -OCH3 is 1. The number of nitrogens with two attached hydrogens (primary N) is 1. The van der Waals surface area contributed by atoms with Gasteiger partial charge in [0.1, 0.15) is 0 Å². The molecule has 146 valence electrons. The van der Waals surface area contributed by atoms with Gasteiger partial charge in [-0.3, -0.25) is 9.59 Å². The van der Waals surface area contributed by atoms with Gasteiger partial charge in [0.2, 0.25) is 0 Å². The van der Waals surface area contributed by atoms with E-state index in [0.29, 0.717) is 23.0 Å². The zero-order valence-electron chi connectivity index (χ0n) is 15.3. The molecule has 0 radical (unpaired) electrons. The van der Waals surface area contributed by atoms with Gasteiger partial charge >= 0.3 is 0 Å². The van der Waals surface area contributed by atoms with Crippen molar-refractivity contribution in [2.75, 3.05) is 40.4 Å². The van der Waals surface area contributed by atoms with Gasteiger partial charge in [0.25, 0.3) is 11.8 Å². The smallest absolute Gasteiger partial charge is 0.255 e. The number of carbonyl (C=O) groups excluding carboxylic acids is 2. The molecule has 0 saturated carbocycles.